The molecule has 0 aliphatic heterocycles. The zero-order valence-electron chi connectivity index (χ0n) is 11.6. The quantitative estimate of drug-likeness (QED) is 0.569. The topological polar surface area (TPSA) is 105 Å². The van der Waals surface area contributed by atoms with Crippen molar-refractivity contribution in [2.45, 2.75) is 0 Å². The molecule has 0 fully saturated rings. The minimum atomic E-state index is -0.753. The number of fused-ring (bicyclic) bond motifs is 1. The van der Waals surface area contributed by atoms with E-state index in [-0.39, 0.29) is 29.1 Å². The summed E-state index contributed by atoms with van der Waals surface area (Å²) in [4.78, 5) is 34.2. The lowest BCUT2D eigenvalue weighted by molar-refractivity contribution is 0.111. The summed E-state index contributed by atoms with van der Waals surface area (Å²) in [6.45, 7) is 0. The first-order valence-electron chi connectivity index (χ1n) is 6.60. The average Bonchev–Trinajstić information content (AvgIpc) is 2.55. The number of rotatable bonds is 3. The van der Waals surface area contributed by atoms with Gasteiger partial charge in [-0.25, -0.2) is 4.79 Å². The summed E-state index contributed by atoms with van der Waals surface area (Å²) in [5.74, 6) is -1.28. The van der Waals surface area contributed by atoms with Crippen molar-refractivity contribution < 1.29 is 24.2 Å². The van der Waals surface area contributed by atoms with Gasteiger partial charge in [0.25, 0.3) is 0 Å². The Kier molecular flexibility index (Phi) is 3.42. The Balaban J connectivity index is 2.60. The molecule has 0 aliphatic rings. The number of carbonyl (C=O) groups excluding carboxylic acids is 2. The molecule has 0 aliphatic carbocycles. The second kappa shape index (κ2) is 5.42. The maximum Gasteiger partial charge on any atom is 0.336 e. The summed E-state index contributed by atoms with van der Waals surface area (Å²) in [7, 11) is 0. The van der Waals surface area contributed by atoms with Gasteiger partial charge >= 0.3 is 5.63 Å². The molecular formula is C17H10O6. The van der Waals surface area contributed by atoms with Crippen LogP contribution in [0.25, 0.3) is 22.1 Å². The normalized spacial score (nSPS) is 10.6. The molecule has 6 nitrogen and oxygen atoms in total. The van der Waals surface area contributed by atoms with E-state index in [0.29, 0.717) is 11.1 Å². The third-order valence-electron chi connectivity index (χ3n) is 3.53. The standard InChI is InChI=1S/C17H10O6/c18-7-11-15(21)12(8-19)17-14(16(11)22)10(6-13(20)23-17)9-4-2-1-3-5-9/h1-8,21-22H. The first kappa shape index (κ1) is 14.5. The van der Waals surface area contributed by atoms with E-state index in [1.807, 2.05) is 0 Å². The molecule has 1 aromatic heterocycles. The average molecular weight is 310 g/mol. The van der Waals surface area contributed by atoms with Crippen molar-refractivity contribution in [3.05, 3.63) is 57.9 Å². The number of benzene rings is 2. The highest BCUT2D eigenvalue weighted by molar-refractivity contribution is 6.10. The van der Waals surface area contributed by atoms with Gasteiger partial charge in [-0.3, -0.25) is 9.59 Å². The molecule has 0 radical (unpaired) electrons. The summed E-state index contributed by atoms with van der Waals surface area (Å²) >= 11 is 0. The summed E-state index contributed by atoms with van der Waals surface area (Å²) in [6, 6.07) is 9.78. The predicted octanol–water partition coefficient (Wildman–Crippen LogP) is 2.50. The summed E-state index contributed by atoms with van der Waals surface area (Å²) < 4.78 is 4.98. The van der Waals surface area contributed by atoms with Crippen LogP contribution in [0.4, 0.5) is 0 Å². The number of hydrogen-bond acceptors (Lipinski definition) is 6. The Morgan fingerprint density at radius 2 is 1.57 bits per heavy atom. The molecule has 1 heterocycles. The van der Waals surface area contributed by atoms with E-state index in [9.17, 15) is 24.6 Å². The van der Waals surface area contributed by atoms with Gasteiger partial charge in [0, 0.05) is 11.6 Å². The van der Waals surface area contributed by atoms with Crippen LogP contribution in [0.2, 0.25) is 0 Å². The number of phenolic OH excluding ortho intramolecular Hbond substituents is 2. The number of carbonyl (C=O) groups is 2. The lowest BCUT2D eigenvalue weighted by atomic mass is 9.96. The van der Waals surface area contributed by atoms with Crippen molar-refractivity contribution in [1.82, 2.24) is 0 Å². The molecule has 0 amide bonds. The molecule has 0 saturated carbocycles. The van der Waals surface area contributed by atoms with Crippen molar-refractivity contribution in [3.8, 4) is 22.6 Å². The van der Waals surface area contributed by atoms with Gasteiger partial charge in [-0.15, -0.1) is 0 Å². The highest BCUT2D eigenvalue weighted by atomic mass is 16.4. The Bertz CT molecular complexity index is 986. The van der Waals surface area contributed by atoms with Gasteiger partial charge in [0.05, 0.1) is 10.9 Å². The Hall–Kier alpha value is -3.41. The van der Waals surface area contributed by atoms with Gasteiger partial charge in [-0.05, 0) is 5.56 Å². The number of phenols is 2. The van der Waals surface area contributed by atoms with Crippen LogP contribution in [0.1, 0.15) is 20.7 Å². The van der Waals surface area contributed by atoms with Crippen LogP contribution >= 0.6 is 0 Å². The maximum absolute atomic E-state index is 11.8. The van der Waals surface area contributed by atoms with Gasteiger partial charge in [0.2, 0.25) is 0 Å². The number of aromatic hydroxyl groups is 2. The molecule has 114 valence electrons. The van der Waals surface area contributed by atoms with Gasteiger partial charge in [0.15, 0.2) is 18.2 Å². The van der Waals surface area contributed by atoms with Crippen molar-refractivity contribution >= 4 is 23.5 Å². The first-order chi connectivity index (χ1) is 11.1. The Morgan fingerprint density at radius 3 is 2.17 bits per heavy atom. The van der Waals surface area contributed by atoms with E-state index >= 15 is 0 Å². The lowest BCUT2D eigenvalue weighted by Crippen LogP contribution is -2.02. The number of hydrogen-bond donors (Lipinski definition) is 2. The molecule has 3 rings (SSSR count). The fourth-order valence-electron chi connectivity index (χ4n) is 2.48. The van der Waals surface area contributed by atoms with Crippen molar-refractivity contribution in [1.29, 1.82) is 0 Å². The van der Waals surface area contributed by atoms with E-state index in [4.69, 9.17) is 4.42 Å². The van der Waals surface area contributed by atoms with Crippen LogP contribution in [0.15, 0.2) is 45.6 Å². The van der Waals surface area contributed by atoms with Crippen LogP contribution in [0.3, 0.4) is 0 Å². The molecule has 0 spiro atoms. The smallest absolute Gasteiger partial charge is 0.336 e. The fourth-order valence-corrected chi connectivity index (χ4v) is 2.48. The lowest BCUT2D eigenvalue weighted by Gasteiger charge is -2.12. The first-order valence-corrected chi connectivity index (χ1v) is 6.60. The van der Waals surface area contributed by atoms with Crippen LogP contribution in [0, 0.1) is 0 Å². The zero-order valence-corrected chi connectivity index (χ0v) is 11.6. The molecule has 0 saturated heterocycles. The van der Waals surface area contributed by atoms with Crippen molar-refractivity contribution in [2.75, 3.05) is 0 Å². The summed E-state index contributed by atoms with van der Waals surface area (Å²) in [5, 5.41) is 20.3. The zero-order chi connectivity index (χ0) is 16.6. The van der Waals surface area contributed by atoms with E-state index in [1.54, 1.807) is 30.3 Å². The molecule has 6 heteroatoms. The van der Waals surface area contributed by atoms with E-state index in [2.05, 4.69) is 0 Å². The summed E-state index contributed by atoms with van der Waals surface area (Å²) in [6.07, 6.45) is 0.499. The SMILES string of the molecule is O=Cc1c(O)c(C=O)c2oc(=O)cc(-c3ccccc3)c2c1O. The van der Waals surface area contributed by atoms with Crippen LogP contribution in [-0.2, 0) is 0 Å². The molecule has 2 N–H and O–H groups in total. The predicted molar refractivity (Wildman–Crippen MR) is 82.0 cm³/mol. The minimum Gasteiger partial charge on any atom is -0.506 e. The highest BCUT2D eigenvalue weighted by Gasteiger charge is 2.23. The third kappa shape index (κ3) is 2.17. The van der Waals surface area contributed by atoms with Gasteiger partial charge in [-0.2, -0.15) is 0 Å². The second-order valence-corrected chi connectivity index (χ2v) is 4.81. The minimum absolute atomic E-state index is 0.0119. The maximum atomic E-state index is 11.8. The molecule has 0 unspecified atom stereocenters. The summed E-state index contributed by atoms with van der Waals surface area (Å²) in [5.41, 5.74) is -0.954. The molecular weight excluding hydrogens is 300 g/mol. The monoisotopic (exact) mass is 310 g/mol. The van der Waals surface area contributed by atoms with Crippen LogP contribution in [0.5, 0.6) is 11.5 Å². The van der Waals surface area contributed by atoms with Gasteiger partial charge < -0.3 is 14.6 Å². The van der Waals surface area contributed by atoms with E-state index in [0.717, 1.165) is 6.07 Å². The molecule has 3 aromatic rings. The van der Waals surface area contributed by atoms with E-state index in [1.165, 1.54) is 0 Å². The Labute approximate surface area is 129 Å². The van der Waals surface area contributed by atoms with Crippen molar-refractivity contribution in [3.63, 3.8) is 0 Å². The van der Waals surface area contributed by atoms with Gasteiger partial charge in [0.1, 0.15) is 17.1 Å². The van der Waals surface area contributed by atoms with Crippen LogP contribution in [-0.4, -0.2) is 22.8 Å². The highest BCUT2D eigenvalue weighted by Crippen LogP contribution is 2.41. The molecule has 2 aromatic carbocycles. The van der Waals surface area contributed by atoms with E-state index < -0.39 is 22.7 Å². The molecule has 23 heavy (non-hydrogen) atoms. The van der Waals surface area contributed by atoms with Crippen LogP contribution < -0.4 is 5.63 Å². The molecule has 0 bridgehead atoms. The third-order valence-corrected chi connectivity index (χ3v) is 3.53. The second-order valence-electron chi connectivity index (χ2n) is 4.81. The Morgan fingerprint density at radius 1 is 0.913 bits per heavy atom. The molecule has 0 atom stereocenters. The van der Waals surface area contributed by atoms with Gasteiger partial charge in [-0.1, -0.05) is 30.3 Å². The number of aldehydes is 2. The van der Waals surface area contributed by atoms with Crippen molar-refractivity contribution in [2.24, 2.45) is 0 Å². The fraction of sp³-hybridized carbons (Fsp3) is 0. The largest absolute Gasteiger partial charge is 0.506 e.